The van der Waals surface area contributed by atoms with Crippen molar-refractivity contribution in [2.24, 2.45) is 0 Å². The lowest BCUT2D eigenvalue weighted by Gasteiger charge is -2.13. The van der Waals surface area contributed by atoms with Gasteiger partial charge in [-0.3, -0.25) is 4.98 Å². The van der Waals surface area contributed by atoms with Crippen LogP contribution >= 0.6 is 0 Å². The zero-order valence-corrected chi connectivity index (χ0v) is 12.5. The molecule has 0 bridgehead atoms. The number of benzene rings is 1. The van der Waals surface area contributed by atoms with Gasteiger partial charge in [0.05, 0.1) is 19.8 Å². The molecule has 0 aliphatic heterocycles. The van der Waals surface area contributed by atoms with E-state index >= 15 is 0 Å². The highest BCUT2D eigenvalue weighted by atomic mass is 16.5. The molecule has 4 heteroatoms. The minimum atomic E-state index is -0.503. The molecule has 0 saturated heterocycles. The summed E-state index contributed by atoms with van der Waals surface area (Å²) >= 11 is 0. The molecule has 1 aromatic carbocycles. The lowest BCUT2D eigenvalue weighted by Crippen LogP contribution is -2.01. The summed E-state index contributed by atoms with van der Waals surface area (Å²) in [6.07, 6.45) is 4.30. The number of methoxy groups -OCH3 is 1. The first kappa shape index (κ1) is 15.3. The molecule has 0 aliphatic carbocycles. The summed E-state index contributed by atoms with van der Waals surface area (Å²) < 4.78 is 10.8. The Labute approximate surface area is 125 Å². The van der Waals surface area contributed by atoms with Crippen LogP contribution in [0, 0.1) is 0 Å². The molecule has 0 spiro atoms. The first-order valence-electron chi connectivity index (χ1n) is 7.12. The van der Waals surface area contributed by atoms with Gasteiger partial charge in [0.1, 0.15) is 0 Å². The maximum Gasteiger partial charge on any atom is 0.161 e. The van der Waals surface area contributed by atoms with Gasteiger partial charge >= 0.3 is 0 Å². The molecule has 1 heterocycles. The average Bonchev–Trinajstić information content (AvgIpc) is 2.54. The van der Waals surface area contributed by atoms with Crippen molar-refractivity contribution >= 4 is 0 Å². The molecule has 0 radical (unpaired) electrons. The molecule has 1 atom stereocenters. The zero-order chi connectivity index (χ0) is 15.1. The van der Waals surface area contributed by atoms with E-state index in [-0.39, 0.29) is 0 Å². The van der Waals surface area contributed by atoms with E-state index < -0.39 is 6.10 Å². The third kappa shape index (κ3) is 4.20. The Morgan fingerprint density at radius 1 is 1.24 bits per heavy atom. The Bertz CT molecular complexity index is 557. The molecule has 0 amide bonds. The predicted octanol–water partition coefficient (Wildman–Crippen LogP) is 3.16. The van der Waals surface area contributed by atoms with Gasteiger partial charge in [-0.1, -0.05) is 12.1 Å². The minimum absolute atomic E-state index is 0.503. The summed E-state index contributed by atoms with van der Waals surface area (Å²) in [7, 11) is 1.63. The molecule has 0 fully saturated rings. The molecule has 4 nitrogen and oxygen atoms in total. The van der Waals surface area contributed by atoms with E-state index in [9.17, 15) is 5.11 Å². The van der Waals surface area contributed by atoms with E-state index in [4.69, 9.17) is 9.47 Å². The maximum atomic E-state index is 10.2. The smallest absolute Gasteiger partial charge is 0.161 e. The van der Waals surface area contributed by atoms with Gasteiger partial charge in [-0.05, 0) is 49.1 Å². The molecule has 2 aromatic rings. The summed E-state index contributed by atoms with van der Waals surface area (Å²) in [5, 5.41) is 10.2. The van der Waals surface area contributed by atoms with Crippen LogP contribution in [0.15, 0.2) is 42.7 Å². The highest BCUT2D eigenvalue weighted by molar-refractivity contribution is 5.43. The van der Waals surface area contributed by atoms with Crippen LogP contribution in [0.25, 0.3) is 0 Å². The van der Waals surface area contributed by atoms with Crippen LogP contribution in [0.2, 0.25) is 0 Å². The number of hydrogen-bond acceptors (Lipinski definition) is 4. The Morgan fingerprint density at radius 3 is 2.76 bits per heavy atom. The highest BCUT2D eigenvalue weighted by Crippen LogP contribution is 2.29. The van der Waals surface area contributed by atoms with Gasteiger partial charge in [0.2, 0.25) is 0 Å². The van der Waals surface area contributed by atoms with Crippen molar-refractivity contribution < 1.29 is 14.6 Å². The third-order valence-corrected chi connectivity index (χ3v) is 3.30. The molecular formula is C17H21NO3. The summed E-state index contributed by atoms with van der Waals surface area (Å²) in [6, 6.07) is 9.59. The van der Waals surface area contributed by atoms with Crippen LogP contribution in [0.5, 0.6) is 11.5 Å². The maximum absolute atomic E-state index is 10.2. The largest absolute Gasteiger partial charge is 0.493 e. The van der Waals surface area contributed by atoms with E-state index in [0.29, 0.717) is 13.0 Å². The molecule has 1 aromatic heterocycles. The van der Waals surface area contributed by atoms with Crippen LogP contribution in [0.4, 0.5) is 0 Å². The molecular weight excluding hydrogens is 266 g/mol. The number of pyridine rings is 1. The van der Waals surface area contributed by atoms with Gasteiger partial charge in [-0.2, -0.15) is 0 Å². The van der Waals surface area contributed by atoms with Crippen LogP contribution in [-0.2, 0) is 6.42 Å². The number of aromatic nitrogens is 1. The van der Waals surface area contributed by atoms with Crippen molar-refractivity contribution in [3.8, 4) is 11.5 Å². The minimum Gasteiger partial charge on any atom is -0.493 e. The van der Waals surface area contributed by atoms with E-state index in [1.807, 2.05) is 37.3 Å². The van der Waals surface area contributed by atoms with Gasteiger partial charge in [-0.15, -0.1) is 0 Å². The number of rotatable bonds is 7. The second-order valence-electron chi connectivity index (χ2n) is 4.76. The Kier molecular flexibility index (Phi) is 5.58. The number of ether oxygens (including phenoxy) is 2. The standard InChI is InChI=1S/C17H21NO3/c1-3-21-16-9-7-13(11-17(16)20-2)6-8-15(19)14-5-4-10-18-12-14/h4-5,7,9-12,15,19H,3,6,8H2,1-2H3. The van der Waals surface area contributed by atoms with Crippen LogP contribution in [0.1, 0.15) is 30.6 Å². The zero-order valence-electron chi connectivity index (χ0n) is 12.5. The van der Waals surface area contributed by atoms with Crippen molar-refractivity contribution in [1.82, 2.24) is 4.98 Å². The predicted molar refractivity (Wildman–Crippen MR) is 81.7 cm³/mol. The molecule has 112 valence electrons. The van der Waals surface area contributed by atoms with Crippen molar-refractivity contribution in [3.05, 3.63) is 53.9 Å². The monoisotopic (exact) mass is 287 g/mol. The fraction of sp³-hybridized carbons (Fsp3) is 0.353. The van der Waals surface area contributed by atoms with E-state index in [2.05, 4.69) is 4.98 Å². The van der Waals surface area contributed by atoms with E-state index in [0.717, 1.165) is 29.0 Å². The Balaban J connectivity index is 2.00. The average molecular weight is 287 g/mol. The van der Waals surface area contributed by atoms with Crippen molar-refractivity contribution in [2.45, 2.75) is 25.9 Å². The first-order chi connectivity index (χ1) is 10.2. The number of hydrogen-bond donors (Lipinski definition) is 1. The number of aryl methyl sites for hydroxylation is 1. The SMILES string of the molecule is CCOc1ccc(CCC(O)c2cccnc2)cc1OC. The van der Waals surface area contributed by atoms with Gasteiger partial charge in [-0.25, -0.2) is 0 Å². The Morgan fingerprint density at radius 2 is 2.10 bits per heavy atom. The normalized spacial score (nSPS) is 12.0. The molecule has 0 saturated carbocycles. The highest BCUT2D eigenvalue weighted by Gasteiger charge is 2.10. The molecule has 1 N–H and O–H groups in total. The van der Waals surface area contributed by atoms with Crippen molar-refractivity contribution in [3.63, 3.8) is 0 Å². The van der Waals surface area contributed by atoms with Gasteiger partial charge in [0, 0.05) is 12.4 Å². The van der Waals surface area contributed by atoms with Crippen molar-refractivity contribution in [2.75, 3.05) is 13.7 Å². The topological polar surface area (TPSA) is 51.6 Å². The number of aliphatic hydroxyl groups is 1. The van der Waals surface area contributed by atoms with Crippen LogP contribution in [0.3, 0.4) is 0 Å². The summed E-state index contributed by atoms with van der Waals surface area (Å²) in [5.41, 5.74) is 1.95. The van der Waals surface area contributed by atoms with Gasteiger partial charge < -0.3 is 14.6 Å². The molecule has 0 aliphatic rings. The number of nitrogens with zero attached hydrogens (tertiary/aromatic N) is 1. The van der Waals surface area contributed by atoms with E-state index in [1.165, 1.54) is 0 Å². The van der Waals surface area contributed by atoms with Gasteiger partial charge in [0.15, 0.2) is 11.5 Å². The summed E-state index contributed by atoms with van der Waals surface area (Å²) in [4.78, 5) is 4.02. The van der Waals surface area contributed by atoms with Crippen LogP contribution in [-0.4, -0.2) is 23.8 Å². The van der Waals surface area contributed by atoms with Crippen LogP contribution < -0.4 is 9.47 Å². The fourth-order valence-electron chi connectivity index (χ4n) is 2.19. The summed E-state index contributed by atoms with van der Waals surface area (Å²) in [5.74, 6) is 1.47. The molecule has 2 rings (SSSR count). The Hall–Kier alpha value is -2.07. The summed E-state index contributed by atoms with van der Waals surface area (Å²) in [6.45, 7) is 2.55. The first-order valence-corrected chi connectivity index (χ1v) is 7.12. The van der Waals surface area contributed by atoms with Crippen molar-refractivity contribution in [1.29, 1.82) is 0 Å². The number of aliphatic hydroxyl groups excluding tert-OH is 1. The third-order valence-electron chi connectivity index (χ3n) is 3.30. The second kappa shape index (κ2) is 7.64. The lowest BCUT2D eigenvalue weighted by molar-refractivity contribution is 0.167. The fourth-order valence-corrected chi connectivity index (χ4v) is 2.19. The van der Waals surface area contributed by atoms with Gasteiger partial charge in [0.25, 0.3) is 0 Å². The molecule has 21 heavy (non-hydrogen) atoms. The van der Waals surface area contributed by atoms with E-state index in [1.54, 1.807) is 19.5 Å². The lowest BCUT2D eigenvalue weighted by atomic mass is 10.0. The molecule has 1 unspecified atom stereocenters. The second-order valence-corrected chi connectivity index (χ2v) is 4.76. The quantitative estimate of drug-likeness (QED) is 0.850.